The summed E-state index contributed by atoms with van der Waals surface area (Å²) in [5, 5.41) is 0. The van der Waals surface area contributed by atoms with E-state index in [2.05, 4.69) is 25.8 Å². The van der Waals surface area contributed by atoms with Crippen molar-refractivity contribution in [2.45, 2.75) is 26.2 Å². The first kappa shape index (κ1) is 9.06. The SMILES string of the molecule is CC(C)(C)c1ccnc2c1OC=CO2. The maximum Gasteiger partial charge on any atom is 0.262 e. The van der Waals surface area contributed by atoms with Gasteiger partial charge in [0.25, 0.3) is 5.88 Å². The van der Waals surface area contributed by atoms with Crippen molar-refractivity contribution in [3.8, 4) is 11.6 Å². The molecule has 0 saturated carbocycles. The molecule has 1 aliphatic heterocycles. The van der Waals surface area contributed by atoms with E-state index in [0.29, 0.717) is 5.88 Å². The van der Waals surface area contributed by atoms with E-state index in [9.17, 15) is 0 Å². The first-order valence-corrected chi connectivity index (χ1v) is 4.57. The lowest BCUT2D eigenvalue weighted by Crippen LogP contribution is -2.14. The molecular formula is C11H13NO2. The fourth-order valence-corrected chi connectivity index (χ4v) is 1.41. The molecule has 0 fully saturated rings. The molecule has 1 aliphatic rings. The van der Waals surface area contributed by atoms with Gasteiger partial charge in [-0.1, -0.05) is 20.8 Å². The standard InChI is InChI=1S/C11H13NO2/c1-11(2,3)8-4-5-12-10-9(8)13-6-7-14-10/h4-7H,1-3H3. The van der Waals surface area contributed by atoms with Gasteiger partial charge in [0, 0.05) is 11.8 Å². The summed E-state index contributed by atoms with van der Waals surface area (Å²) in [4.78, 5) is 4.09. The number of fused-ring (bicyclic) bond motifs is 1. The van der Waals surface area contributed by atoms with Crippen molar-refractivity contribution in [1.29, 1.82) is 0 Å². The zero-order valence-corrected chi connectivity index (χ0v) is 8.57. The van der Waals surface area contributed by atoms with Gasteiger partial charge in [-0.25, -0.2) is 4.98 Å². The Labute approximate surface area is 83.4 Å². The third kappa shape index (κ3) is 1.45. The van der Waals surface area contributed by atoms with Crippen LogP contribution in [-0.4, -0.2) is 4.98 Å². The van der Waals surface area contributed by atoms with E-state index in [0.717, 1.165) is 11.3 Å². The highest BCUT2D eigenvalue weighted by atomic mass is 16.5. The van der Waals surface area contributed by atoms with Gasteiger partial charge in [0.05, 0.1) is 0 Å². The van der Waals surface area contributed by atoms with Crippen molar-refractivity contribution < 1.29 is 9.47 Å². The summed E-state index contributed by atoms with van der Waals surface area (Å²) >= 11 is 0. The van der Waals surface area contributed by atoms with Crippen LogP contribution >= 0.6 is 0 Å². The zero-order chi connectivity index (χ0) is 10.2. The van der Waals surface area contributed by atoms with Crippen molar-refractivity contribution in [3.63, 3.8) is 0 Å². The normalized spacial score (nSPS) is 14.2. The van der Waals surface area contributed by atoms with Gasteiger partial charge in [0.1, 0.15) is 12.5 Å². The molecule has 74 valence electrons. The Morgan fingerprint density at radius 2 is 1.86 bits per heavy atom. The molecular weight excluding hydrogens is 178 g/mol. The van der Waals surface area contributed by atoms with Crippen molar-refractivity contribution in [2.75, 3.05) is 0 Å². The van der Waals surface area contributed by atoms with E-state index in [1.165, 1.54) is 12.5 Å². The van der Waals surface area contributed by atoms with Gasteiger partial charge < -0.3 is 9.47 Å². The van der Waals surface area contributed by atoms with Gasteiger partial charge in [-0.3, -0.25) is 0 Å². The lowest BCUT2D eigenvalue weighted by molar-refractivity contribution is 0.340. The maximum absolute atomic E-state index is 5.41. The molecule has 3 nitrogen and oxygen atoms in total. The average Bonchev–Trinajstić information content (AvgIpc) is 2.15. The highest BCUT2D eigenvalue weighted by Crippen LogP contribution is 2.38. The molecule has 1 aromatic heterocycles. The van der Waals surface area contributed by atoms with Gasteiger partial charge in [-0.05, 0) is 11.5 Å². The fourth-order valence-electron chi connectivity index (χ4n) is 1.41. The van der Waals surface area contributed by atoms with Crippen LogP contribution in [0, 0.1) is 0 Å². The molecule has 0 aromatic carbocycles. The third-order valence-corrected chi connectivity index (χ3v) is 2.10. The van der Waals surface area contributed by atoms with Crippen molar-refractivity contribution >= 4 is 0 Å². The minimum atomic E-state index is 0.0293. The van der Waals surface area contributed by atoms with Crippen molar-refractivity contribution in [3.05, 3.63) is 30.4 Å². The second kappa shape index (κ2) is 3.01. The quantitative estimate of drug-likeness (QED) is 0.631. The highest BCUT2D eigenvalue weighted by Gasteiger charge is 2.23. The van der Waals surface area contributed by atoms with Crippen LogP contribution in [0.2, 0.25) is 0 Å². The third-order valence-electron chi connectivity index (χ3n) is 2.10. The molecule has 3 heteroatoms. The summed E-state index contributed by atoms with van der Waals surface area (Å²) < 4.78 is 10.7. The maximum atomic E-state index is 5.41. The lowest BCUT2D eigenvalue weighted by Gasteiger charge is -2.23. The molecule has 2 rings (SSSR count). The Morgan fingerprint density at radius 3 is 2.57 bits per heavy atom. The molecule has 0 amide bonds. The molecule has 2 heterocycles. The first-order valence-electron chi connectivity index (χ1n) is 4.57. The Kier molecular flexibility index (Phi) is 1.95. The van der Waals surface area contributed by atoms with Crippen LogP contribution in [0.1, 0.15) is 26.3 Å². The highest BCUT2D eigenvalue weighted by molar-refractivity contribution is 5.46. The van der Waals surface area contributed by atoms with Crippen LogP contribution in [0.4, 0.5) is 0 Å². The van der Waals surface area contributed by atoms with Crippen LogP contribution in [-0.2, 0) is 5.41 Å². The number of hydrogen-bond donors (Lipinski definition) is 0. The predicted octanol–water partition coefficient (Wildman–Crippen LogP) is 2.62. The zero-order valence-electron chi connectivity index (χ0n) is 8.57. The van der Waals surface area contributed by atoms with Crippen LogP contribution in [0.25, 0.3) is 0 Å². The van der Waals surface area contributed by atoms with Crippen LogP contribution < -0.4 is 9.47 Å². The van der Waals surface area contributed by atoms with Gasteiger partial charge in [0.15, 0.2) is 5.75 Å². The molecule has 0 spiro atoms. The van der Waals surface area contributed by atoms with Gasteiger partial charge in [0.2, 0.25) is 0 Å². The largest absolute Gasteiger partial charge is 0.456 e. The second-order valence-corrected chi connectivity index (χ2v) is 4.25. The molecule has 0 unspecified atom stereocenters. The summed E-state index contributed by atoms with van der Waals surface area (Å²) in [6, 6.07) is 1.96. The molecule has 0 saturated heterocycles. The van der Waals surface area contributed by atoms with Crippen LogP contribution in [0.3, 0.4) is 0 Å². The average molecular weight is 191 g/mol. The molecule has 0 radical (unpaired) electrons. The molecule has 1 aromatic rings. The Balaban J connectivity index is 2.54. The molecule has 0 atom stereocenters. The Morgan fingerprint density at radius 1 is 1.14 bits per heavy atom. The minimum absolute atomic E-state index is 0.0293. The summed E-state index contributed by atoms with van der Waals surface area (Å²) in [5.41, 5.74) is 1.13. The number of hydrogen-bond acceptors (Lipinski definition) is 3. The Bertz CT molecular complexity index is 377. The topological polar surface area (TPSA) is 31.4 Å². The fraction of sp³-hybridized carbons (Fsp3) is 0.364. The molecule has 0 bridgehead atoms. The lowest BCUT2D eigenvalue weighted by atomic mass is 9.87. The molecule has 0 aliphatic carbocycles. The second-order valence-electron chi connectivity index (χ2n) is 4.25. The monoisotopic (exact) mass is 191 g/mol. The van der Waals surface area contributed by atoms with Crippen molar-refractivity contribution in [2.24, 2.45) is 0 Å². The summed E-state index contributed by atoms with van der Waals surface area (Å²) in [5.74, 6) is 1.27. The minimum Gasteiger partial charge on any atom is -0.456 e. The van der Waals surface area contributed by atoms with E-state index in [1.54, 1.807) is 6.20 Å². The van der Waals surface area contributed by atoms with Crippen molar-refractivity contribution in [1.82, 2.24) is 4.98 Å². The summed E-state index contributed by atoms with van der Waals surface area (Å²) in [7, 11) is 0. The van der Waals surface area contributed by atoms with E-state index in [1.807, 2.05) is 6.07 Å². The number of aromatic nitrogens is 1. The first-order chi connectivity index (χ1) is 6.59. The summed E-state index contributed by atoms with van der Waals surface area (Å²) in [6.07, 6.45) is 4.75. The van der Waals surface area contributed by atoms with E-state index >= 15 is 0 Å². The van der Waals surface area contributed by atoms with Crippen LogP contribution in [0.15, 0.2) is 24.8 Å². The number of rotatable bonds is 0. The van der Waals surface area contributed by atoms with Gasteiger partial charge >= 0.3 is 0 Å². The van der Waals surface area contributed by atoms with E-state index in [4.69, 9.17) is 9.47 Å². The number of nitrogens with zero attached hydrogens (tertiary/aromatic N) is 1. The number of ether oxygens (including phenoxy) is 2. The molecule has 0 N–H and O–H groups in total. The van der Waals surface area contributed by atoms with Crippen LogP contribution in [0.5, 0.6) is 11.6 Å². The smallest absolute Gasteiger partial charge is 0.262 e. The predicted molar refractivity (Wildman–Crippen MR) is 53.3 cm³/mol. The van der Waals surface area contributed by atoms with Gasteiger partial charge in [-0.15, -0.1) is 0 Å². The van der Waals surface area contributed by atoms with E-state index in [-0.39, 0.29) is 5.41 Å². The molecule has 14 heavy (non-hydrogen) atoms. The number of pyridine rings is 1. The van der Waals surface area contributed by atoms with E-state index < -0.39 is 0 Å². The summed E-state index contributed by atoms with van der Waals surface area (Å²) in [6.45, 7) is 6.39. The van der Waals surface area contributed by atoms with Gasteiger partial charge in [-0.2, -0.15) is 0 Å². The Hall–Kier alpha value is -1.51.